The quantitative estimate of drug-likeness (QED) is 0.0276. The Morgan fingerprint density at radius 2 is 0.779 bits per heavy atom. The van der Waals surface area contributed by atoms with Crippen LogP contribution in [0.5, 0.6) is 0 Å². The second-order valence-corrected chi connectivity index (χ2v) is 21.3. The Hall–Kier alpha value is -7.13. The van der Waals surface area contributed by atoms with Crippen LogP contribution in [0.4, 0.5) is 0 Å². The van der Waals surface area contributed by atoms with E-state index in [0.717, 1.165) is 70.8 Å². The summed E-state index contributed by atoms with van der Waals surface area (Å²) in [5, 5.41) is 10.8. The van der Waals surface area contributed by atoms with Crippen molar-refractivity contribution in [3.63, 3.8) is 0 Å². The van der Waals surface area contributed by atoms with Gasteiger partial charge in [0.05, 0.1) is 11.1 Å². The molecule has 0 saturated carbocycles. The highest BCUT2D eigenvalue weighted by Gasteiger charge is 2.35. The first-order valence-corrected chi connectivity index (χ1v) is 31.6. The maximum atomic E-state index is 12.0. The van der Waals surface area contributed by atoms with Crippen LogP contribution >= 0.6 is 0 Å². The van der Waals surface area contributed by atoms with Crippen molar-refractivity contribution in [2.24, 2.45) is 5.92 Å². The number of unbranched alkanes of at least 4 members (excludes halogenated alkanes) is 8. The van der Waals surface area contributed by atoms with E-state index in [1.54, 1.807) is 52.0 Å². The van der Waals surface area contributed by atoms with E-state index in [9.17, 15) is 71.9 Å². The molecule has 0 aliphatic carbocycles. The van der Waals surface area contributed by atoms with Crippen molar-refractivity contribution >= 4 is 87.9 Å². The van der Waals surface area contributed by atoms with Crippen molar-refractivity contribution in [2.75, 3.05) is 45.9 Å². The number of hydrogen-bond acceptors (Lipinski definition) is 16. The molecule has 1 aromatic carbocycles. The highest BCUT2D eigenvalue weighted by Crippen LogP contribution is 2.23. The fourth-order valence-electron chi connectivity index (χ4n) is 7.66. The lowest BCUT2D eigenvalue weighted by Crippen LogP contribution is -2.31. The van der Waals surface area contributed by atoms with E-state index >= 15 is 0 Å². The summed E-state index contributed by atoms with van der Waals surface area (Å²) in [6, 6.07) is 6.90. The molecule has 2 aliphatic rings. The minimum atomic E-state index is -0.329. The van der Waals surface area contributed by atoms with Gasteiger partial charge in [0.25, 0.3) is 11.8 Å². The molecule has 22 heteroatoms. The smallest absolute Gasteiger partial charge is 0.305 e. The number of Topliss-reactive ketones (excluding diaryl/α,β-unsaturated/α-hetero) is 6. The third kappa shape index (κ3) is 69.5. The lowest BCUT2D eigenvalue weighted by Gasteiger charge is -2.13. The van der Waals surface area contributed by atoms with E-state index in [4.69, 9.17) is 0 Å². The minimum Gasteiger partial charge on any atom is -0.458 e. The van der Waals surface area contributed by atoms with Gasteiger partial charge >= 0.3 is 5.97 Å². The van der Waals surface area contributed by atoms with Gasteiger partial charge in [0.15, 0.2) is 5.78 Å². The molecule has 0 bridgehead atoms. The third-order valence-corrected chi connectivity index (χ3v) is 12.5. The van der Waals surface area contributed by atoms with E-state index in [2.05, 4.69) is 32.9 Å². The fraction of sp³-hybridized carbons (Fsp3) is 0.712. The molecule has 0 radical (unpaired) electrons. The lowest BCUT2D eigenvalue weighted by molar-refractivity contribution is -0.147. The van der Waals surface area contributed by atoms with Crippen LogP contribution in [0.2, 0.25) is 0 Å². The number of carbonyl (C=O) groups excluding carboxylic acids is 15. The molecule has 1 saturated heterocycles. The lowest BCUT2D eigenvalue weighted by atomic mass is 10.1. The molecule has 1 atom stereocenters. The number of amides is 8. The Labute approximate surface area is 576 Å². The van der Waals surface area contributed by atoms with Gasteiger partial charge in [0.2, 0.25) is 35.4 Å². The van der Waals surface area contributed by atoms with Crippen LogP contribution in [0.25, 0.3) is 0 Å². The van der Waals surface area contributed by atoms with Gasteiger partial charge in [0, 0.05) is 116 Å². The molecule has 1 aromatic rings. The van der Waals surface area contributed by atoms with Crippen LogP contribution in [0.1, 0.15) is 317 Å². The van der Waals surface area contributed by atoms with Crippen molar-refractivity contribution in [2.45, 2.75) is 296 Å². The van der Waals surface area contributed by atoms with E-state index < -0.39 is 0 Å². The Balaban J connectivity index is -0.0000000964. The average molecular weight is 1360 g/mol. The summed E-state index contributed by atoms with van der Waals surface area (Å²) < 4.78 is 4.46. The van der Waals surface area contributed by atoms with E-state index in [1.807, 2.05) is 34.6 Å². The first kappa shape index (κ1) is 112. The zero-order valence-electron chi connectivity index (χ0n) is 55.7. The van der Waals surface area contributed by atoms with Gasteiger partial charge in [-0.2, -0.15) is 0 Å². The average Bonchev–Trinajstić information content (AvgIpc) is 1.65. The number of hydrogen-bond donors (Lipinski definition) is 4. The van der Waals surface area contributed by atoms with Gasteiger partial charge < -0.3 is 50.0 Å². The van der Waals surface area contributed by atoms with Crippen LogP contribution in [0, 0.1) is 5.92 Å². The number of carbonyl (C=O) groups is 15. The predicted molar refractivity (Wildman–Crippen MR) is 387 cm³/mol. The Morgan fingerprint density at radius 1 is 0.411 bits per heavy atom. The number of nitrogens with zero attached hydrogens (tertiary/aromatic N) is 2. The van der Waals surface area contributed by atoms with Crippen LogP contribution in [0.15, 0.2) is 24.3 Å². The number of benzene rings is 1. The van der Waals surface area contributed by atoms with Crippen LogP contribution in [0.3, 0.4) is 0 Å². The van der Waals surface area contributed by atoms with Crippen molar-refractivity contribution in [1.82, 2.24) is 31.1 Å². The molecule has 2 aliphatic heterocycles. The molecular formula is C73H138N6O16. The van der Waals surface area contributed by atoms with Crippen molar-refractivity contribution in [3.05, 3.63) is 35.4 Å². The van der Waals surface area contributed by atoms with Gasteiger partial charge in [-0.3, -0.25) is 57.7 Å². The van der Waals surface area contributed by atoms with Gasteiger partial charge in [0.1, 0.15) is 35.5 Å². The molecule has 556 valence electrons. The normalized spacial score (nSPS) is 11.4. The van der Waals surface area contributed by atoms with Crippen molar-refractivity contribution < 1.29 is 76.7 Å². The second-order valence-electron chi connectivity index (χ2n) is 21.3. The molecule has 1 unspecified atom stereocenters. The number of ketones is 6. The summed E-state index contributed by atoms with van der Waals surface area (Å²) in [6.45, 7) is 26.0. The largest absolute Gasteiger partial charge is 0.458 e. The summed E-state index contributed by atoms with van der Waals surface area (Å²) in [7, 11) is 0. The SMILES string of the molecule is C.C.C.C.C.C.C.CC(=O)CCCCCN1C(=O)c2ccccc2C1=O.CCC(=O)NCCCCCC(C)=O.CCC(=O)OCC(C)=O.CCCCCCN1C(=O)CC(C)C1=O.CCNC(=O)CCC(C)=O.CCNC(=O)CCCC(C)=O.CCNC(=O)CCCCC(C)=O. The van der Waals surface area contributed by atoms with Crippen LogP contribution < -0.4 is 21.3 Å². The molecule has 4 N–H and O–H groups in total. The van der Waals surface area contributed by atoms with E-state index in [-0.39, 0.29) is 152 Å². The number of imide groups is 2. The monoisotopic (exact) mass is 1360 g/mol. The van der Waals surface area contributed by atoms with E-state index in [1.165, 1.54) is 43.4 Å². The zero-order valence-corrected chi connectivity index (χ0v) is 55.7. The van der Waals surface area contributed by atoms with Crippen molar-refractivity contribution in [3.8, 4) is 0 Å². The molecule has 22 nitrogen and oxygen atoms in total. The van der Waals surface area contributed by atoms with Gasteiger partial charge in [-0.05, 0) is 126 Å². The molecule has 0 spiro atoms. The fourth-order valence-corrected chi connectivity index (χ4v) is 7.66. The number of esters is 1. The minimum absolute atomic E-state index is 0. The summed E-state index contributed by atoms with van der Waals surface area (Å²) in [6.07, 6.45) is 17.4. The number of fused-ring (bicyclic) bond motifs is 1. The van der Waals surface area contributed by atoms with Crippen LogP contribution in [-0.4, -0.2) is 144 Å². The standard InChI is InChI=1S/C15H17NO3.C11H19NO2.C10H19NO2.C9H17NO2.C8H15NO2.C7H13NO2.C6H10O3.7CH4/c1-11(17)7-3-2-6-10-16-14(18)12-8-4-5-9-13(12)15(16)19;1-3-4-5-6-7-12-10(13)8-9(2)11(12)14;1-3-10(13)11-8-6-4-5-7-9(2)12;1-3-10-9(12)7-5-4-6-8(2)11;1-3-9-8(11)6-4-5-7(2)10;1-3-8-7(10)5-4-6(2)9;1-3-6(8)9-4-5(2)7;;;;;;;/h4-5,8-9H,2-3,6-7,10H2,1H3;9H,3-8H2,1-2H3;3-8H2,1-2H3,(H,11,13);3-7H2,1-2H3,(H,10,12);3-6H2,1-2H3,(H,9,11);3-5H2,1-2H3,(H,8,10);3-4H2,1-2H3;7*1H4. The summed E-state index contributed by atoms with van der Waals surface area (Å²) in [5.74, 6) is 0.101. The molecular weight excluding hydrogens is 1220 g/mol. The highest BCUT2D eigenvalue weighted by molar-refractivity contribution is 6.21. The van der Waals surface area contributed by atoms with Crippen LogP contribution in [-0.2, 0) is 67.1 Å². The number of rotatable bonds is 36. The first-order valence-electron chi connectivity index (χ1n) is 31.6. The molecule has 8 amide bonds. The first-order chi connectivity index (χ1) is 41.6. The zero-order chi connectivity index (χ0) is 67.8. The Bertz CT molecular complexity index is 2270. The molecule has 95 heavy (non-hydrogen) atoms. The Kier molecular flexibility index (Phi) is 87.7. The topological polar surface area (TPSA) is 320 Å². The Morgan fingerprint density at radius 3 is 1.15 bits per heavy atom. The molecule has 3 rings (SSSR count). The van der Waals surface area contributed by atoms with Crippen molar-refractivity contribution in [1.29, 1.82) is 0 Å². The van der Waals surface area contributed by atoms with E-state index in [0.29, 0.717) is 121 Å². The molecule has 1 fully saturated rings. The third-order valence-electron chi connectivity index (χ3n) is 12.5. The number of likely N-dealkylation sites (tertiary alicyclic amines) is 1. The maximum absolute atomic E-state index is 12.0. The predicted octanol–water partition coefficient (Wildman–Crippen LogP) is 13.7. The van der Waals surface area contributed by atoms with Gasteiger partial charge in [-0.1, -0.05) is 124 Å². The summed E-state index contributed by atoms with van der Waals surface area (Å²) in [4.78, 5) is 166. The summed E-state index contributed by atoms with van der Waals surface area (Å²) >= 11 is 0. The highest BCUT2D eigenvalue weighted by atomic mass is 16.5. The maximum Gasteiger partial charge on any atom is 0.305 e. The molecule has 0 aromatic heterocycles. The second kappa shape index (κ2) is 74.3. The number of nitrogens with one attached hydrogen (secondary N) is 4. The summed E-state index contributed by atoms with van der Waals surface area (Å²) in [5.41, 5.74) is 0.993. The molecule has 2 heterocycles. The van der Waals surface area contributed by atoms with Gasteiger partial charge in [-0.15, -0.1) is 0 Å². The number of ether oxygens (including phenoxy) is 1. The van der Waals surface area contributed by atoms with Gasteiger partial charge in [-0.25, -0.2) is 0 Å².